The first-order chi connectivity index (χ1) is 8.86. The first kappa shape index (κ1) is 13.6. The molecule has 6 nitrogen and oxygen atoms in total. The minimum Gasteiger partial charge on any atom is -0.440 e. The first-order valence-electron chi connectivity index (χ1n) is 5.06. The highest BCUT2D eigenvalue weighted by atomic mass is 35.5. The van der Waals surface area contributed by atoms with E-state index in [1.807, 2.05) is 0 Å². The number of anilines is 1. The van der Waals surface area contributed by atoms with Gasteiger partial charge in [-0.05, 0) is 41.9 Å². The molecular weight excluding hydrogens is 292 g/mol. The Kier molecular flexibility index (Phi) is 3.61. The van der Waals surface area contributed by atoms with E-state index in [0.717, 1.165) is 0 Å². The zero-order valence-corrected chi connectivity index (χ0v) is 11.0. The van der Waals surface area contributed by atoms with Crippen LogP contribution >= 0.6 is 11.6 Å². The van der Waals surface area contributed by atoms with Gasteiger partial charge in [0.25, 0.3) is 5.91 Å². The summed E-state index contributed by atoms with van der Waals surface area (Å²) in [4.78, 5) is 11.6. The molecular formula is C11H9ClN2O4S. The van der Waals surface area contributed by atoms with Crippen LogP contribution in [0.25, 0.3) is 0 Å². The number of carbonyl (C=O) groups is 1. The SMILES string of the molecule is NS(=O)(=O)c1cccc(NC(=O)c2ccc(Cl)o2)c1. The van der Waals surface area contributed by atoms with Gasteiger partial charge >= 0.3 is 0 Å². The lowest BCUT2D eigenvalue weighted by molar-refractivity contribution is 0.0996. The third kappa shape index (κ3) is 3.34. The van der Waals surface area contributed by atoms with Crippen LogP contribution in [0.2, 0.25) is 5.22 Å². The van der Waals surface area contributed by atoms with Gasteiger partial charge in [-0.3, -0.25) is 4.79 Å². The molecule has 1 amide bonds. The summed E-state index contributed by atoms with van der Waals surface area (Å²) in [5.41, 5.74) is 0.282. The number of furan rings is 1. The number of nitrogens with two attached hydrogens (primary N) is 1. The normalized spacial score (nSPS) is 11.3. The van der Waals surface area contributed by atoms with Crippen LogP contribution in [0, 0.1) is 0 Å². The molecule has 0 aliphatic rings. The molecule has 0 unspecified atom stereocenters. The maximum Gasteiger partial charge on any atom is 0.291 e. The van der Waals surface area contributed by atoms with E-state index in [1.54, 1.807) is 0 Å². The highest BCUT2D eigenvalue weighted by molar-refractivity contribution is 7.89. The number of nitrogens with one attached hydrogen (secondary N) is 1. The summed E-state index contributed by atoms with van der Waals surface area (Å²) in [5, 5.41) is 7.55. The Labute approximate surface area is 114 Å². The second-order valence-corrected chi connectivity index (χ2v) is 5.56. The predicted octanol–water partition coefficient (Wildman–Crippen LogP) is 1.83. The number of carbonyl (C=O) groups excluding carboxylic acids is 1. The highest BCUT2D eigenvalue weighted by Gasteiger charge is 2.13. The summed E-state index contributed by atoms with van der Waals surface area (Å²) in [6.45, 7) is 0. The Morgan fingerprint density at radius 1 is 1.26 bits per heavy atom. The number of sulfonamides is 1. The van der Waals surface area contributed by atoms with Gasteiger partial charge in [0, 0.05) is 5.69 Å². The fourth-order valence-electron chi connectivity index (χ4n) is 1.38. The van der Waals surface area contributed by atoms with Crippen molar-refractivity contribution in [2.45, 2.75) is 4.90 Å². The van der Waals surface area contributed by atoms with Crippen molar-refractivity contribution in [1.29, 1.82) is 0 Å². The van der Waals surface area contributed by atoms with Gasteiger partial charge in [0.1, 0.15) is 0 Å². The van der Waals surface area contributed by atoms with Gasteiger partial charge in [0.15, 0.2) is 11.0 Å². The fourth-order valence-corrected chi connectivity index (χ4v) is 2.09. The second-order valence-electron chi connectivity index (χ2n) is 3.63. The molecule has 3 N–H and O–H groups in total. The average molecular weight is 301 g/mol. The van der Waals surface area contributed by atoms with Crippen molar-refractivity contribution >= 4 is 33.2 Å². The van der Waals surface area contributed by atoms with Crippen molar-refractivity contribution in [3.8, 4) is 0 Å². The van der Waals surface area contributed by atoms with Crippen molar-refractivity contribution in [3.63, 3.8) is 0 Å². The molecule has 0 atom stereocenters. The topological polar surface area (TPSA) is 102 Å². The van der Waals surface area contributed by atoms with Crippen LogP contribution in [0.4, 0.5) is 5.69 Å². The molecule has 1 aromatic heterocycles. The summed E-state index contributed by atoms with van der Waals surface area (Å²) < 4.78 is 27.3. The van der Waals surface area contributed by atoms with E-state index in [-0.39, 0.29) is 21.6 Å². The maximum absolute atomic E-state index is 11.7. The van der Waals surface area contributed by atoms with Crippen LogP contribution in [-0.4, -0.2) is 14.3 Å². The fraction of sp³-hybridized carbons (Fsp3) is 0. The van der Waals surface area contributed by atoms with Crippen molar-refractivity contribution in [2.24, 2.45) is 5.14 Å². The van der Waals surface area contributed by atoms with Gasteiger partial charge in [-0.1, -0.05) is 6.07 Å². The summed E-state index contributed by atoms with van der Waals surface area (Å²) in [7, 11) is -3.82. The summed E-state index contributed by atoms with van der Waals surface area (Å²) in [5.74, 6) is -0.524. The third-order valence-electron chi connectivity index (χ3n) is 2.22. The first-order valence-corrected chi connectivity index (χ1v) is 6.98. The standard InChI is InChI=1S/C11H9ClN2O4S/c12-10-5-4-9(18-10)11(15)14-7-2-1-3-8(6-7)19(13,16)17/h1-6H,(H,14,15)(H2,13,16,17). The third-order valence-corrected chi connectivity index (χ3v) is 3.33. The highest BCUT2D eigenvalue weighted by Crippen LogP contribution is 2.17. The van der Waals surface area contributed by atoms with Crippen molar-refractivity contribution < 1.29 is 17.6 Å². The Balaban J connectivity index is 2.22. The molecule has 0 radical (unpaired) electrons. The Morgan fingerprint density at radius 2 is 2.00 bits per heavy atom. The van der Waals surface area contributed by atoms with Crippen LogP contribution in [0.1, 0.15) is 10.6 Å². The predicted molar refractivity (Wildman–Crippen MR) is 69.5 cm³/mol. The smallest absolute Gasteiger partial charge is 0.291 e. The van der Waals surface area contributed by atoms with E-state index < -0.39 is 15.9 Å². The monoisotopic (exact) mass is 300 g/mol. The van der Waals surface area contributed by atoms with Crippen LogP contribution in [0.5, 0.6) is 0 Å². The molecule has 0 spiro atoms. The van der Waals surface area contributed by atoms with Crippen LogP contribution in [-0.2, 0) is 10.0 Å². The molecule has 2 rings (SSSR count). The molecule has 0 bridgehead atoms. The van der Waals surface area contributed by atoms with Crippen molar-refractivity contribution in [1.82, 2.24) is 0 Å². The maximum atomic E-state index is 11.7. The van der Waals surface area contributed by atoms with Crippen molar-refractivity contribution in [2.75, 3.05) is 5.32 Å². The molecule has 19 heavy (non-hydrogen) atoms. The van der Waals surface area contributed by atoms with Crippen LogP contribution in [0.3, 0.4) is 0 Å². The van der Waals surface area contributed by atoms with Gasteiger partial charge in [-0.25, -0.2) is 13.6 Å². The summed E-state index contributed by atoms with van der Waals surface area (Å²) >= 11 is 5.55. The van der Waals surface area contributed by atoms with Crippen molar-refractivity contribution in [3.05, 3.63) is 47.4 Å². The van der Waals surface area contributed by atoms with Gasteiger partial charge < -0.3 is 9.73 Å². The van der Waals surface area contributed by atoms with E-state index in [1.165, 1.54) is 36.4 Å². The molecule has 2 aromatic rings. The Morgan fingerprint density at radius 3 is 2.58 bits per heavy atom. The molecule has 0 aliphatic carbocycles. The number of halogens is 1. The Bertz CT molecular complexity index is 724. The van der Waals surface area contributed by atoms with E-state index in [2.05, 4.69) is 5.32 Å². The van der Waals surface area contributed by atoms with Gasteiger partial charge in [-0.15, -0.1) is 0 Å². The van der Waals surface area contributed by atoms with E-state index in [9.17, 15) is 13.2 Å². The quantitative estimate of drug-likeness (QED) is 0.902. The molecule has 0 saturated heterocycles. The minimum absolute atomic E-state index is 0.0195. The lowest BCUT2D eigenvalue weighted by Gasteiger charge is -2.04. The van der Waals surface area contributed by atoms with Gasteiger partial charge in [0.2, 0.25) is 10.0 Å². The lowest BCUT2D eigenvalue weighted by atomic mass is 10.3. The van der Waals surface area contributed by atoms with Gasteiger partial charge in [-0.2, -0.15) is 0 Å². The molecule has 100 valence electrons. The molecule has 1 aromatic carbocycles. The largest absolute Gasteiger partial charge is 0.440 e. The molecule has 1 heterocycles. The zero-order valence-electron chi connectivity index (χ0n) is 9.46. The average Bonchev–Trinajstić information content (AvgIpc) is 2.75. The lowest BCUT2D eigenvalue weighted by Crippen LogP contribution is -2.14. The van der Waals surface area contributed by atoms with E-state index in [4.69, 9.17) is 21.2 Å². The van der Waals surface area contributed by atoms with Crippen LogP contribution in [0.15, 0.2) is 45.7 Å². The number of primary sulfonamides is 1. The summed E-state index contributed by atoms with van der Waals surface area (Å²) in [6.07, 6.45) is 0. The zero-order chi connectivity index (χ0) is 14.0. The second kappa shape index (κ2) is 5.04. The Hall–Kier alpha value is -1.83. The number of hydrogen-bond acceptors (Lipinski definition) is 4. The molecule has 8 heteroatoms. The van der Waals surface area contributed by atoms with E-state index >= 15 is 0 Å². The van der Waals surface area contributed by atoms with E-state index in [0.29, 0.717) is 0 Å². The minimum atomic E-state index is -3.82. The number of amides is 1. The number of benzene rings is 1. The van der Waals surface area contributed by atoms with Gasteiger partial charge in [0.05, 0.1) is 4.90 Å². The summed E-state index contributed by atoms with van der Waals surface area (Å²) in [6, 6.07) is 8.40. The molecule has 0 aliphatic heterocycles. The number of hydrogen-bond donors (Lipinski definition) is 2. The molecule has 0 saturated carbocycles. The van der Waals surface area contributed by atoms with Crippen LogP contribution < -0.4 is 10.5 Å². The molecule has 0 fully saturated rings. The number of rotatable bonds is 3.